The number of rotatable bonds is 2. The van der Waals surface area contributed by atoms with Crippen LogP contribution in [-0.2, 0) is 10.0 Å². The number of sulfonamides is 1. The minimum absolute atomic E-state index is 0.331. The number of primary sulfonamides is 1. The SMILES string of the molecule is NS(=O)(=O)c1[c]ccc([N+](=O)[O-])c1. The Hall–Kier alpha value is -1.47. The van der Waals surface area contributed by atoms with Crippen LogP contribution in [0.3, 0.4) is 0 Å². The Balaban J connectivity index is 3.29. The Labute approximate surface area is 74.2 Å². The molecular formula is C6H5N2O4S. The fourth-order valence-electron chi connectivity index (χ4n) is 0.711. The summed E-state index contributed by atoms with van der Waals surface area (Å²) in [6.45, 7) is 0. The molecular weight excluding hydrogens is 196 g/mol. The molecule has 0 aliphatic rings. The van der Waals surface area contributed by atoms with E-state index in [1.165, 1.54) is 0 Å². The van der Waals surface area contributed by atoms with Gasteiger partial charge in [-0.1, -0.05) is 0 Å². The van der Waals surface area contributed by atoms with Crippen molar-refractivity contribution in [2.75, 3.05) is 0 Å². The first-order valence-corrected chi connectivity index (χ1v) is 4.65. The van der Waals surface area contributed by atoms with Crippen molar-refractivity contribution in [3.05, 3.63) is 34.4 Å². The predicted octanol–water partition coefficient (Wildman–Crippen LogP) is 0.0424. The predicted molar refractivity (Wildman–Crippen MR) is 43.3 cm³/mol. The Morgan fingerprint density at radius 3 is 2.62 bits per heavy atom. The highest BCUT2D eigenvalue weighted by Crippen LogP contribution is 2.14. The van der Waals surface area contributed by atoms with Gasteiger partial charge >= 0.3 is 0 Å². The van der Waals surface area contributed by atoms with Crippen LogP contribution in [0.25, 0.3) is 0 Å². The molecule has 0 unspecified atom stereocenters. The molecule has 0 saturated carbocycles. The van der Waals surface area contributed by atoms with Crippen LogP contribution in [-0.4, -0.2) is 13.3 Å². The molecule has 6 nitrogen and oxygen atoms in total. The summed E-state index contributed by atoms with van der Waals surface area (Å²) in [4.78, 5) is 9.14. The van der Waals surface area contributed by atoms with Crippen LogP contribution in [0, 0.1) is 16.2 Å². The molecule has 0 atom stereocenters. The molecule has 0 aliphatic carbocycles. The molecule has 1 rings (SSSR count). The standard InChI is InChI=1S/C6H5N2O4S/c7-13(11,12)6-3-1-2-5(4-6)8(9)10/h1-2,4H,(H2,7,11,12). The summed E-state index contributed by atoms with van der Waals surface area (Å²) >= 11 is 0. The van der Waals surface area contributed by atoms with Crippen molar-refractivity contribution in [1.29, 1.82) is 0 Å². The zero-order valence-electron chi connectivity index (χ0n) is 6.30. The third-order valence-electron chi connectivity index (χ3n) is 1.28. The number of nitrogens with two attached hydrogens (primary N) is 1. The van der Waals surface area contributed by atoms with Crippen molar-refractivity contribution in [1.82, 2.24) is 0 Å². The van der Waals surface area contributed by atoms with E-state index < -0.39 is 14.9 Å². The maximum atomic E-state index is 10.7. The normalized spacial score (nSPS) is 11.2. The zero-order valence-corrected chi connectivity index (χ0v) is 7.11. The summed E-state index contributed by atoms with van der Waals surface area (Å²) in [5.74, 6) is 0. The molecule has 0 spiro atoms. The lowest BCUT2D eigenvalue weighted by Crippen LogP contribution is -2.12. The summed E-state index contributed by atoms with van der Waals surface area (Å²) in [6, 6.07) is 5.41. The van der Waals surface area contributed by atoms with Gasteiger partial charge in [-0.3, -0.25) is 10.1 Å². The van der Waals surface area contributed by atoms with Gasteiger partial charge in [-0.2, -0.15) is 0 Å². The highest BCUT2D eigenvalue weighted by Gasteiger charge is 2.12. The largest absolute Gasteiger partial charge is 0.270 e. The minimum atomic E-state index is -3.92. The fourth-order valence-corrected chi connectivity index (χ4v) is 1.23. The van der Waals surface area contributed by atoms with Gasteiger partial charge in [0.15, 0.2) is 0 Å². The second kappa shape index (κ2) is 3.11. The van der Waals surface area contributed by atoms with Crippen molar-refractivity contribution in [3.8, 4) is 0 Å². The number of hydrogen-bond acceptors (Lipinski definition) is 4. The maximum absolute atomic E-state index is 10.7. The third kappa shape index (κ3) is 2.23. The van der Waals surface area contributed by atoms with E-state index >= 15 is 0 Å². The lowest BCUT2D eigenvalue weighted by molar-refractivity contribution is -0.385. The third-order valence-corrected chi connectivity index (χ3v) is 2.12. The number of nitrogens with zero attached hydrogens (tertiary/aromatic N) is 1. The molecule has 69 valence electrons. The number of nitro benzene ring substituents is 1. The van der Waals surface area contributed by atoms with Gasteiger partial charge in [0.2, 0.25) is 10.0 Å². The number of nitro groups is 1. The summed E-state index contributed by atoms with van der Waals surface area (Å²) < 4.78 is 21.5. The van der Waals surface area contributed by atoms with E-state index in [9.17, 15) is 18.5 Å². The van der Waals surface area contributed by atoms with Gasteiger partial charge in [0.1, 0.15) is 0 Å². The van der Waals surface area contributed by atoms with Crippen LogP contribution in [0.4, 0.5) is 5.69 Å². The molecule has 13 heavy (non-hydrogen) atoms. The molecule has 2 N–H and O–H groups in total. The molecule has 0 aromatic heterocycles. The molecule has 1 aromatic rings. The number of hydrogen-bond donors (Lipinski definition) is 1. The highest BCUT2D eigenvalue weighted by molar-refractivity contribution is 7.89. The van der Waals surface area contributed by atoms with Gasteiger partial charge in [-0.15, -0.1) is 0 Å². The Bertz CT molecular complexity index is 440. The Morgan fingerprint density at radius 1 is 1.54 bits per heavy atom. The second-order valence-corrected chi connectivity index (χ2v) is 3.74. The molecule has 0 fully saturated rings. The highest BCUT2D eigenvalue weighted by atomic mass is 32.2. The van der Waals surface area contributed by atoms with Crippen molar-refractivity contribution in [2.45, 2.75) is 4.90 Å². The van der Waals surface area contributed by atoms with Gasteiger partial charge in [-0.25, -0.2) is 13.6 Å². The first-order chi connectivity index (χ1) is 5.91. The summed E-state index contributed by atoms with van der Waals surface area (Å²) in [6.07, 6.45) is 0. The number of benzene rings is 1. The molecule has 1 radical (unpaired) electrons. The van der Waals surface area contributed by atoms with E-state index in [4.69, 9.17) is 5.14 Å². The van der Waals surface area contributed by atoms with E-state index in [0.717, 1.165) is 18.2 Å². The molecule has 0 aliphatic heterocycles. The van der Waals surface area contributed by atoms with Crippen molar-refractivity contribution < 1.29 is 13.3 Å². The Kier molecular flexibility index (Phi) is 2.30. The maximum Gasteiger partial charge on any atom is 0.270 e. The van der Waals surface area contributed by atoms with Crippen molar-refractivity contribution in [3.63, 3.8) is 0 Å². The molecule has 1 aromatic carbocycles. The van der Waals surface area contributed by atoms with Crippen LogP contribution >= 0.6 is 0 Å². The van der Waals surface area contributed by atoms with Gasteiger partial charge in [0, 0.05) is 18.2 Å². The summed E-state index contributed by atoms with van der Waals surface area (Å²) in [5, 5.41) is 15.0. The molecule has 0 heterocycles. The number of non-ortho nitro benzene ring substituents is 1. The molecule has 0 amide bonds. The van der Waals surface area contributed by atoms with E-state index in [0.29, 0.717) is 0 Å². The van der Waals surface area contributed by atoms with Crippen LogP contribution in [0.1, 0.15) is 0 Å². The lowest BCUT2D eigenvalue weighted by atomic mass is 10.3. The monoisotopic (exact) mass is 201 g/mol. The first-order valence-electron chi connectivity index (χ1n) is 3.10. The van der Waals surface area contributed by atoms with Crippen molar-refractivity contribution >= 4 is 15.7 Å². The van der Waals surface area contributed by atoms with Crippen LogP contribution in [0.5, 0.6) is 0 Å². The van der Waals surface area contributed by atoms with Crippen LogP contribution in [0.2, 0.25) is 0 Å². The van der Waals surface area contributed by atoms with Gasteiger partial charge < -0.3 is 0 Å². The topological polar surface area (TPSA) is 103 Å². The van der Waals surface area contributed by atoms with E-state index in [1.54, 1.807) is 0 Å². The average Bonchev–Trinajstić information content (AvgIpc) is 2.03. The lowest BCUT2D eigenvalue weighted by Gasteiger charge is -1.95. The molecule has 0 bridgehead atoms. The Morgan fingerprint density at radius 2 is 2.15 bits per heavy atom. The molecule has 7 heteroatoms. The van der Waals surface area contributed by atoms with Gasteiger partial charge in [0.05, 0.1) is 9.82 Å². The summed E-state index contributed by atoms with van der Waals surface area (Å²) in [7, 11) is -3.92. The second-order valence-electron chi connectivity index (χ2n) is 2.21. The van der Waals surface area contributed by atoms with Crippen LogP contribution < -0.4 is 5.14 Å². The fraction of sp³-hybridized carbons (Fsp3) is 0. The van der Waals surface area contributed by atoms with E-state index in [-0.39, 0.29) is 10.6 Å². The van der Waals surface area contributed by atoms with E-state index in [1.807, 2.05) is 0 Å². The van der Waals surface area contributed by atoms with Gasteiger partial charge in [0.25, 0.3) is 5.69 Å². The minimum Gasteiger partial charge on any atom is -0.258 e. The first kappa shape index (κ1) is 9.62. The smallest absolute Gasteiger partial charge is 0.258 e. The average molecular weight is 201 g/mol. The van der Waals surface area contributed by atoms with E-state index in [2.05, 4.69) is 6.07 Å². The summed E-state index contributed by atoms with van der Waals surface area (Å²) in [5.41, 5.74) is -0.331. The van der Waals surface area contributed by atoms with Crippen LogP contribution in [0.15, 0.2) is 23.1 Å². The van der Waals surface area contributed by atoms with Crippen molar-refractivity contribution in [2.24, 2.45) is 5.14 Å². The quantitative estimate of drug-likeness (QED) is 0.538. The molecule has 0 saturated heterocycles. The zero-order chi connectivity index (χ0) is 10.1. The van der Waals surface area contributed by atoms with Gasteiger partial charge in [-0.05, 0) is 6.07 Å².